The van der Waals surface area contributed by atoms with Crippen molar-refractivity contribution < 1.29 is 22.7 Å². The molecule has 9 heteroatoms. The Kier molecular flexibility index (Phi) is 5.98. The molecule has 0 saturated carbocycles. The molecule has 4 rings (SSSR count). The van der Waals surface area contributed by atoms with Gasteiger partial charge >= 0.3 is 0 Å². The van der Waals surface area contributed by atoms with Crippen molar-refractivity contribution in [1.82, 2.24) is 14.1 Å². The lowest BCUT2D eigenvalue weighted by molar-refractivity contribution is -0.134. The summed E-state index contributed by atoms with van der Waals surface area (Å²) in [6.07, 6.45) is 2.36. The van der Waals surface area contributed by atoms with Gasteiger partial charge in [0.15, 0.2) is 11.5 Å². The highest BCUT2D eigenvalue weighted by Crippen LogP contribution is 2.33. The van der Waals surface area contributed by atoms with Crippen LogP contribution in [-0.4, -0.2) is 87.5 Å². The maximum Gasteiger partial charge on any atom is 0.243 e. The number of piperazine rings is 1. The van der Waals surface area contributed by atoms with Gasteiger partial charge in [0.2, 0.25) is 15.9 Å². The minimum absolute atomic E-state index is 0.0930. The summed E-state index contributed by atoms with van der Waals surface area (Å²) >= 11 is 0. The number of sulfonamides is 1. The molecular formula is C20H29N3O5S. The summed E-state index contributed by atoms with van der Waals surface area (Å²) in [5.41, 5.74) is 0. The zero-order chi connectivity index (χ0) is 20.4. The molecule has 1 unspecified atom stereocenters. The molecule has 3 heterocycles. The second kappa shape index (κ2) is 8.49. The molecule has 8 nitrogen and oxygen atoms in total. The predicted octanol–water partition coefficient (Wildman–Crippen LogP) is 1.02. The predicted molar refractivity (Wildman–Crippen MR) is 108 cm³/mol. The molecule has 1 aromatic rings. The van der Waals surface area contributed by atoms with Crippen molar-refractivity contribution in [3.8, 4) is 11.5 Å². The molecule has 0 aromatic heterocycles. The smallest absolute Gasteiger partial charge is 0.243 e. The van der Waals surface area contributed by atoms with Crippen molar-refractivity contribution in [2.24, 2.45) is 5.92 Å². The Hall–Kier alpha value is -1.84. The van der Waals surface area contributed by atoms with Crippen LogP contribution in [0.3, 0.4) is 0 Å². The maximum absolute atomic E-state index is 13.0. The van der Waals surface area contributed by atoms with Crippen LogP contribution in [0.1, 0.15) is 19.8 Å². The Morgan fingerprint density at radius 1 is 1.07 bits per heavy atom. The Labute approximate surface area is 172 Å². The Morgan fingerprint density at radius 2 is 1.79 bits per heavy atom. The van der Waals surface area contributed by atoms with E-state index in [9.17, 15) is 13.2 Å². The van der Waals surface area contributed by atoms with Crippen LogP contribution in [0.4, 0.5) is 0 Å². The first-order valence-corrected chi connectivity index (χ1v) is 11.8. The molecule has 3 aliphatic rings. The van der Waals surface area contributed by atoms with Gasteiger partial charge in [-0.15, -0.1) is 0 Å². The van der Waals surface area contributed by atoms with Crippen LogP contribution in [0, 0.1) is 5.92 Å². The van der Waals surface area contributed by atoms with Gasteiger partial charge in [-0.25, -0.2) is 8.42 Å². The number of nitrogens with zero attached hydrogens (tertiary/aromatic N) is 3. The van der Waals surface area contributed by atoms with E-state index in [-0.39, 0.29) is 10.8 Å². The fourth-order valence-corrected chi connectivity index (χ4v) is 5.67. The van der Waals surface area contributed by atoms with Gasteiger partial charge in [-0.1, -0.05) is 6.92 Å². The normalized spacial score (nSPS) is 23.8. The summed E-state index contributed by atoms with van der Waals surface area (Å²) in [4.78, 5) is 16.8. The third-order valence-electron chi connectivity index (χ3n) is 5.84. The summed E-state index contributed by atoms with van der Waals surface area (Å²) in [6, 6.07) is 4.72. The van der Waals surface area contributed by atoms with Crippen molar-refractivity contribution in [1.29, 1.82) is 0 Å². The Bertz CT molecular complexity index is 852. The van der Waals surface area contributed by atoms with Crippen LogP contribution < -0.4 is 9.47 Å². The highest BCUT2D eigenvalue weighted by Gasteiger charge is 2.31. The zero-order valence-electron chi connectivity index (χ0n) is 16.9. The van der Waals surface area contributed by atoms with E-state index in [1.165, 1.54) is 16.8 Å². The van der Waals surface area contributed by atoms with E-state index in [1.54, 1.807) is 17.0 Å². The molecule has 29 heavy (non-hydrogen) atoms. The molecule has 0 aliphatic carbocycles. The molecule has 0 bridgehead atoms. The quantitative estimate of drug-likeness (QED) is 0.720. The lowest BCUT2D eigenvalue weighted by atomic mass is 10.0. The molecule has 2 saturated heterocycles. The Balaban J connectivity index is 1.35. The van der Waals surface area contributed by atoms with E-state index in [0.717, 1.165) is 19.5 Å². The van der Waals surface area contributed by atoms with Gasteiger partial charge in [-0.05, 0) is 37.4 Å². The number of fused-ring (bicyclic) bond motifs is 1. The molecule has 2 fully saturated rings. The van der Waals surface area contributed by atoms with Gasteiger partial charge in [-0.2, -0.15) is 4.31 Å². The molecule has 0 radical (unpaired) electrons. The third-order valence-corrected chi connectivity index (χ3v) is 7.74. The van der Waals surface area contributed by atoms with E-state index in [1.807, 2.05) is 0 Å². The molecule has 0 N–H and O–H groups in total. The number of piperidine rings is 1. The number of carbonyl (C=O) groups is 1. The maximum atomic E-state index is 13.0. The number of amides is 1. The molecule has 1 amide bonds. The summed E-state index contributed by atoms with van der Waals surface area (Å²) in [7, 11) is -3.63. The summed E-state index contributed by atoms with van der Waals surface area (Å²) in [5.74, 6) is 1.75. The van der Waals surface area contributed by atoms with E-state index < -0.39 is 10.0 Å². The van der Waals surface area contributed by atoms with Gasteiger partial charge in [0.1, 0.15) is 13.2 Å². The monoisotopic (exact) mass is 423 g/mol. The SMILES string of the molecule is CC1CCCN(CC(=O)N2CCN(S(=O)(=O)c3ccc4c(c3)OCCO4)CC2)C1. The third kappa shape index (κ3) is 4.51. The highest BCUT2D eigenvalue weighted by atomic mass is 32.2. The first-order chi connectivity index (χ1) is 13.9. The minimum atomic E-state index is -3.63. The fraction of sp³-hybridized carbons (Fsp3) is 0.650. The van der Waals surface area contributed by atoms with E-state index in [2.05, 4.69) is 11.8 Å². The number of carbonyl (C=O) groups excluding carboxylic acids is 1. The van der Waals surface area contributed by atoms with Crippen LogP contribution in [0.25, 0.3) is 0 Å². The van der Waals surface area contributed by atoms with Crippen LogP contribution in [0.15, 0.2) is 23.1 Å². The second-order valence-electron chi connectivity index (χ2n) is 8.07. The summed E-state index contributed by atoms with van der Waals surface area (Å²) in [6.45, 7) is 6.91. The van der Waals surface area contributed by atoms with Crippen LogP contribution in [0.5, 0.6) is 11.5 Å². The number of benzene rings is 1. The van der Waals surface area contributed by atoms with Gasteiger partial charge in [0.25, 0.3) is 0 Å². The van der Waals surface area contributed by atoms with Gasteiger partial charge in [-0.3, -0.25) is 9.69 Å². The number of ether oxygens (including phenoxy) is 2. The zero-order valence-corrected chi connectivity index (χ0v) is 17.7. The Morgan fingerprint density at radius 3 is 2.52 bits per heavy atom. The number of hydrogen-bond acceptors (Lipinski definition) is 6. The van der Waals surface area contributed by atoms with Crippen LogP contribution >= 0.6 is 0 Å². The number of rotatable bonds is 4. The fourth-order valence-electron chi connectivity index (χ4n) is 4.23. The molecule has 1 atom stereocenters. The molecular weight excluding hydrogens is 394 g/mol. The van der Waals surface area contributed by atoms with Crippen LogP contribution in [-0.2, 0) is 14.8 Å². The van der Waals surface area contributed by atoms with Crippen molar-refractivity contribution in [2.75, 3.05) is 59.0 Å². The molecule has 1 aromatic carbocycles. The van der Waals surface area contributed by atoms with E-state index in [4.69, 9.17) is 9.47 Å². The average Bonchev–Trinajstić information content (AvgIpc) is 2.73. The minimum Gasteiger partial charge on any atom is -0.486 e. The standard InChI is InChI=1S/C20H29N3O5S/c1-16-3-2-6-21(14-16)15-20(24)22-7-9-23(10-8-22)29(25,26)17-4-5-18-19(13-17)28-12-11-27-18/h4-5,13,16H,2-3,6-12,14-15H2,1H3. The lowest BCUT2D eigenvalue weighted by Gasteiger charge is -2.36. The molecule has 160 valence electrons. The highest BCUT2D eigenvalue weighted by molar-refractivity contribution is 7.89. The first kappa shape index (κ1) is 20.4. The number of hydrogen-bond donors (Lipinski definition) is 0. The van der Waals surface area contributed by atoms with E-state index in [0.29, 0.717) is 63.4 Å². The first-order valence-electron chi connectivity index (χ1n) is 10.3. The van der Waals surface area contributed by atoms with Crippen molar-refractivity contribution in [3.63, 3.8) is 0 Å². The lowest BCUT2D eigenvalue weighted by Crippen LogP contribution is -2.53. The van der Waals surface area contributed by atoms with Gasteiger partial charge in [0, 0.05) is 38.8 Å². The summed E-state index contributed by atoms with van der Waals surface area (Å²) < 4.78 is 38.5. The van der Waals surface area contributed by atoms with Crippen molar-refractivity contribution >= 4 is 15.9 Å². The molecule has 3 aliphatic heterocycles. The second-order valence-corrected chi connectivity index (χ2v) is 10.0. The van der Waals surface area contributed by atoms with Crippen LogP contribution in [0.2, 0.25) is 0 Å². The van der Waals surface area contributed by atoms with Crippen molar-refractivity contribution in [2.45, 2.75) is 24.7 Å². The van der Waals surface area contributed by atoms with Crippen molar-refractivity contribution in [3.05, 3.63) is 18.2 Å². The molecule has 0 spiro atoms. The average molecular weight is 424 g/mol. The van der Waals surface area contributed by atoms with Gasteiger partial charge in [0.05, 0.1) is 11.4 Å². The largest absolute Gasteiger partial charge is 0.486 e. The summed E-state index contributed by atoms with van der Waals surface area (Å²) in [5, 5.41) is 0. The number of likely N-dealkylation sites (tertiary alicyclic amines) is 1. The van der Waals surface area contributed by atoms with E-state index >= 15 is 0 Å². The van der Waals surface area contributed by atoms with Gasteiger partial charge < -0.3 is 14.4 Å². The topological polar surface area (TPSA) is 79.4 Å².